The molecule has 1 aromatic heterocycles. The van der Waals surface area contributed by atoms with E-state index in [-0.39, 0.29) is 5.41 Å². The fraction of sp³-hybridized carbons (Fsp3) is 0.421. The first-order valence-electron chi connectivity index (χ1n) is 8.23. The van der Waals surface area contributed by atoms with Gasteiger partial charge in [-0.3, -0.25) is 0 Å². The summed E-state index contributed by atoms with van der Waals surface area (Å²) in [7, 11) is 1.69. The minimum Gasteiger partial charge on any atom is -0.497 e. The smallest absolute Gasteiger partial charge is 0.191 e. The highest BCUT2D eigenvalue weighted by molar-refractivity contribution is 7.07. The lowest BCUT2D eigenvalue weighted by molar-refractivity contribution is 0.414. The molecule has 0 spiro atoms. The number of nitrogens with one attached hydrogen (secondary N) is 2. The SMILES string of the molecule is CCNC(=NCc1ccsc1)NCC(C)(C)c1ccc(OC)cc1. The molecule has 130 valence electrons. The van der Waals surface area contributed by atoms with E-state index in [0.29, 0.717) is 6.54 Å². The molecule has 24 heavy (non-hydrogen) atoms. The van der Waals surface area contributed by atoms with Crippen LogP contribution < -0.4 is 15.4 Å². The van der Waals surface area contributed by atoms with Crippen LogP contribution >= 0.6 is 11.3 Å². The molecule has 0 atom stereocenters. The monoisotopic (exact) mass is 345 g/mol. The van der Waals surface area contributed by atoms with Gasteiger partial charge in [0.05, 0.1) is 13.7 Å². The maximum atomic E-state index is 5.24. The summed E-state index contributed by atoms with van der Waals surface area (Å²) >= 11 is 1.70. The Kier molecular flexibility index (Phi) is 6.67. The van der Waals surface area contributed by atoms with Crippen LogP contribution in [0.5, 0.6) is 5.75 Å². The van der Waals surface area contributed by atoms with Gasteiger partial charge < -0.3 is 15.4 Å². The van der Waals surface area contributed by atoms with Gasteiger partial charge in [0.25, 0.3) is 0 Å². The maximum Gasteiger partial charge on any atom is 0.191 e. The van der Waals surface area contributed by atoms with Gasteiger partial charge in [-0.25, -0.2) is 4.99 Å². The third kappa shape index (κ3) is 5.27. The fourth-order valence-corrected chi connectivity index (χ4v) is 3.00. The van der Waals surface area contributed by atoms with Gasteiger partial charge >= 0.3 is 0 Å². The number of thiophene rings is 1. The lowest BCUT2D eigenvalue weighted by Gasteiger charge is -2.27. The van der Waals surface area contributed by atoms with Gasteiger partial charge in [-0.1, -0.05) is 26.0 Å². The lowest BCUT2D eigenvalue weighted by Crippen LogP contribution is -2.43. The summed E-state index contributed by atoms with van der Waals surface area (Å²) in [4.78, 5) is 4.66. The zero-order chi connectivity index (χ0) is 17.4. The van der Waals surface area contributed by atoms with Gasteiger partial charge in [-0.05, 0) is 47.0 Å². The molecule has 2 rings (SSSR count). The molecule has 0 fully saturated rings. The van der Waals surface area contributed by atoms with Crippen molar-refractivity contribution in [3.63, 3.8) is 0 Å². The molecule has 0 bridgehead atoms. The molecule has 0 saturated heterocycles. The third-order valence-corrected chi connectivity index (χ3v) is 4.65. The van der Waals surface area contributed by atoms with E-state index in [1.165, 1.54) is 11.1 Å². The van der Waals surface area contributed by atoms with Gasteiger partial charge in [-0.15, -0.1) is 0 Å². The number of hydrogen-bond acceptors (Lipinski definition) is 3. The second-order valence-corrected chi connectivity index (χ2v) is 7.07. The molecular weight excluding hydrogens is 318 g/mol. The lowest BCUT2D eigenvalue weighted by atomic mass is 9.84. The highest BCUT2D eigenvalue weighted by atomic mass is 32.1. The van der Waals surface area contributed by atoms with E-state index in [9.17, 15) is 0 Å². The Hall–Kier alpha value is -2.01. The largest absolute Gasteiger partial charge is 0.497 e. The number of hydrogen-bond donors (Lipinski definition) is 2. The quantitative estimate of drug-likeness (QED) is 0.593. The standard InChI is InChI=1S/C19H27N3OS/c1-5-20-18(21-12-15-10-11-24-13-15)22-14-19(2,3)16-6-8-17(23-4)9-7-16/h6-11,13H,5,12,14H2,1-4H3,(H2,20,21,22). The number of aliphatic imine (C=N–C) groups is 1. The van der Waals surface area contributed by atoms with Crippen LogP contribution in [0.1, 0.15) is 31.9 Å². The van der Waals surface area contributed by atoms with E-state index in [0.717, 1.165) is 24.8 Å². The van der Waals surface area contributed by atoms with E-state index in [1.807, 2.05) is 12.1 Å². The second kappa shape index (κ2) is 8.73. The Labute approximate surface area is 149 Å². The van der Waals surface area contributed by atoms with Crippen molar-refractivity contribution in [1.29, 1.82) is 0 Å². The molecular formula is C19H27N3OS. The van der Waals surface area contributed by atoms with Crippen molar-refractivity contribution in [3.05, 3.63) is 52.2 Å². The second-order valence-electron chi connectivity index (χ2n) is 6.29. The highest BCUT2D eigenvalue weighted by Gasteiger charge is 2.21. The van der Waals surface area contributed by atoms with E-state index < -0.39 is 0 Å². The number of methoxy groups -OCH3 is 1. The maximum absolute atomic E-state index is 5.24. The van der Waals surface area contributed by atoms with Crippen molar-refractivity contribution in [3.8, 4) is 5.75 Å². The van der Waals surface area contributed by atoms with Crippen molar-refractivity contribution in [2.45, 2.75) is 32.7 Å². The van der Waals surface area contributed by atoms with Gasteiger partial charge in [0.15, 0.2) is 5.96 Å². The molecule has 4 nitrogen and oxygen atoms in total. The van der Waals surface area contributed by atoms with Crippen molar-refractivity contribution >= 4 is 17.3 Å². The van der Waals surface area contributed by atoms with Gasteiger partial charge in [-0.2, -0.15) is 11.3 Å². The minimum absolute atomic E-state index is 0.00908. The van der Waals surface area contributed by atoms with Crippen molar-refractivity contribution in [1.82, 2.24) is 10.6 Å². The summed E-state index contributed by atoms with van der Waals surface area (Å²) < 4.78 is 5.24. The third-order valence-electron chi connectivity index (χ3n) is 3.91. The summed E-state index contributed by atoms with van der Waals surface area (Å²) in [6.45, 7) is 8.87. The molecule has 2 N–H and O–H groups in total. The first-order chi connectivity index (χ1) is 11.5. The Morgan fingerprint density at radius 3 is 2.50 bits per heavy atom. The van der Waals surface area contributed by atoms with Crippen molar-refractivity contribution in [2.24, 2.45) is 4.99 Å². The molecule has 2 aromatic rings. The Morgan fingerprint density at radius 1 is 1.17 bits per heavy atom. The average molecular weight is 346 g/mol. The van der Waals surface area contributed by atoms with E-state index in [4.69, 9.17) is 4.74 Å². The predicted octanol–water partition coefficient (Wildman–Crippen LogP) is 3.79. The number of nitrogens with zero attached hydrogens (tertiary/aromatic N) is 1. The number of benzene rings is 1. The van der Waals surface area contributed by atoms with Crippen LogP contribution in [-0.4, -0.2) is 26.2 Å². The molecule has 5 heteroatoms. The molecule has 0 amide bonds. The van der Waals surface area contributed by atoms with Crippen molar-refractivity contribution < 1.29 is 4.74 Å². The molecule has 0 aliphatic heterocycles. The Bertz CT molecular complexity index is 633. The summed E-state index contributed by atoms with van der Waals surface area (Å²) in [5, 5.41) is 11.0. The van der Waals surface area contributed by atoms with Crippen LogP contribution in [0.15, 0.2) is 46.1 Å². The summed E-state index contributed by atoms with van der Waals surface area (Å²) in [6, 6.07) is 10.4. The van der Waals surface area contributed by atoms with E-state index in [1.54, 1.807) is 18.4 Å². The minimum atomic E-state index is -0.00908. The molecule has 0 saturated carbocycles. The summed E-state index contributed by atoms with van der Waals surface area (Å²) in [5.74, 6) is 1.73. The summed E-state index contributed by atoms with van der Waals surface area (Å²) in [6.07, 6.45) is 0. The average Bonchev–Trinajstić information content (AvgIpc) is 3.11. The number of guanidine groups is 1. The van der Waals surface area contributed by atoms with Crippen LogP contribution in [0.25, 0.3) is 0 Å². The first kappa shape index (κ1) is 18.3. The zero-order valence-electron chi connectivity index (χ0n) is 14.9. The van der Waals surface area contributed by atoms with E-state index in [2.05, 4.69) is 65.4 Å². The van der Waals surface area contributed by atoms with Crippen LogP contribution in [-0.2, 0) is 12.0 Å². The zero-order valence-corrected chi connectivity index (χ0v) is 15.7. The topological polar surface area (TPSA) is 45.7 Å². The first-order valence-corrected chi connectivity index (χ1v) is 9.17. The Balaban J connectivity index is 1.99. The van der Waals surface area contributed by atoms with Crippen molar-refractivity contribution in [2.75, 3.05) is 20.2 Å². The van der Waals surface area contributed by atoms with Gasteiger partial charge in [0.2, 0.25) is 0 Å². The van der Waals surface area contributed by atoms with Gasteiger partial charge in [0, 0.05) is 18.5 Å². The number of ether oxygens (including phenoxy) is 1. The van der Waals surface area contributed by atoms with Crippen LogP contribution in [0.2, 0.25) is 0 Å². The van der Waals surface area contributed by atoms with Crippen LogP contribution in [0, 0.1) is 0 Å². The van der Waals surface area contributed by atoms with Gasteiger partial charge in [0.1, 0.15) is 5.75 Å². The Morgan fingerprint density at radius 2 is 1.92 bits per heavy atom. The molecule has 0 radical (unpaired) electrons. The highest BCUT2D eigenvalue weighted by Crippen LogP contribution is 2.24. The van der Waals surface area contributed by atoms with Crippen LogP contribution in [0.3, 0.4) is 0 Å². The molecule has 0 aliphatic rings. The fourth-order valence-electron chi connectivity index (χ4n) is 2.34. The molecule has 1 heterocycles. The normalized spacial score (nSPS) is 12.1. The predicted molar refractivity (Wildman–Crippen MR) is 103 cm³/mol. The molecule has 0 aliphatic carbocycles. The molecule has 0 unspecified atom stereocenters. The summed E-state index contributed by atoms with van der Waals surface area (Å²) in [5.41, 5.74) is 2.50. The van der Waals surface area contributed by atoms with Crippen LogP contribution in [0.4, 0.5) is 0 Å². The number of rotatable bonds is 7. The van der Waals surface area contributed by atoms with E-state index >= 15 is 0 Å². The molecule has 1 aromatic carbocycles.